The summed E-state index contributed by atoms with van der Waals surface area (Å²) in [6.45, 7) is 5.29. The van der Waals surface area contributed by atoms with Gasteiger partial charge in [-0.25, -0.2) is 0 Å². The van der Waals surface area contributed by atoms with Gasteiger partial charge in [-0.05, 0) is 38.1 Å². The monoisotopic (exact) mass is 341 g/mol. The summed E-state index contributed by atoms with van der Waals surface area (Å²) >= 11 is 0. The Kier molecular flexibility index (Phi) is 4.97. The second-order valence-electron chi connectivity index (χ2n) is 6.01. The highest BCUT2D eigenvalue weighted by molar-refractivity contribution is 5.95. The van der Waals surface area contributed by atoms with Crippen molar-refractivity contribution in [2.75, 3.05) is 35.6 Å². The van der Waals surface area contributed by atoms with Gasteiger partial charge in [0, 0.05) is 11.8 Å². The zero-order chi connectivity index (χ0) is 17.8. The van der Waals surface area contributed by atoms with Crippen molar-refractivity contribution in [3.05, 3.63) is 42.5 Å². The third kappa shape index (κ3) is 3.96. The molecule has 25 heavy (non-hydrogen) atoms. The van der Waals surface area contributed by atoms with Crippen LogP contribution in [-0.4, -0.2) is 31.7 Å². The Labute approximate surface area is 147 Å². The van der Waals surface area contributed by atoms with Crippen molar-refractivity contribution in [1.82, 2.24) is 0 Å². The molecule has 6 heteroatoms. The molecule has 132 valence electrons. The molecular formula is C19H23N3O3. The van der Waals surface area contributed by atoms with Crippen LogP contribution in [0.1, 0.15) is 13.8 Å². The van der Waals surface area contributed by atoms with Crippen molar-refractivity contribution in [2.45, 2.75) is 20.0 Å². The van der Waals surface area contributed by atoms with Crippen LogP contribution in [0.3, 0.4) is 0 Å². The van der Waals surface area contributed by atoms with Gasteiger partial charge in [-0.3, -0.25) is 4.79 Å². The SMILES string of the molecule is CCOc1ccccc1NC(=O)CN1CC(C)Oc2cc(N)ccc21. The van der Waals surface area contributed by atoms with Crippen molar-refractivity contribution in [1.29, 1.82) is 0 Å². The number of benzene rings is 2. The minimum atomic E-state index is -0.107. The first-order valence-corrected chi connectivity index (χ1v) is 8.39. The Bertz CT molecular complexity index is 763. The smallest absolute Gasteiger partial charge is 0.243 e. The second-order valence-corrected chi connectivity index (χ2v) is 6.01. The largest absolute Gasteiger partial charge is 0.492 e. The lowest BCUT2D eigenvalue weighted by atomic mass is 10.2. The highest BCUT2D eigenvalue weighted by Gasteiger charge is 2.25. The zero-order valence-electron chi connectivity index (χ0n) is 14.5. The summed E-state index contributed by atoms with van der Waals surface area (Å²) in [4.78, 5) is 14.5. The van der Waals surface area contributed by atoms with E-state index < -0.39 is 0 Å². The van der Waals surface area contributed by atoms with E-state index in [1.54, 1.807) is 6.07 Å². The highest BCUT2D eigenvalue weighted by atomic mass is 16.5. The molecule has 6 nitrogen and oxygen atoms in total. The number of hydrogen-bond donors (Lipinski definition) is 2. The van der Waals surface area contributed by atoms with E-state index in [0.717, 1.165) is 5.69 Å². The summed E-state index contributed by atoms with van der Waals surface area (Å²) in [5.74, 6) is 1.27. The topological polar surface area (TPSA) is 76.8 Å². The van der Waals surface area contributed by atoms with Gasteiger partial charge in [0.15, 0.2) is 0 Å². The van der Waals surface area contributed by atoms with Gasteiger partial charge >= 0.3 is 0 Å². The molecule has 0 saturated carbocycles. The molecule has 0 bridgehead atoms. The van der Waals surface area contributed by atoms with Crippen molar-refractivity contribution in [3.63, 3.8) is 0 Å². The molecule has 1 unspecified atom stereocenters. The van der Waals surface area contributed by atoms with E-state index in [2.05, 4.69) is 5.32 Å². The number of nitrogens with zero attached hydrogens (tertiary/aromatic N) is 1. The maximum absolute atomic E-state index is 12.5. The van der Waals surface area contributed by atoms with Crippen LogP contribution in [-0.2, 0) is 4.79 Å². The number of nitrogens with one attached hydrogen (secondary N) is 1. The van der Waals surface area contributed by atoms with E-state index in [4.69, 9.17) is 15.2 Å². The first kappa shape index (κ1) is 17.0. The molecule has 0 aromatic heterocycles. The lowest BCUT2D eigenvalue weighted by molar-refractivity contribution is -0.115. The van der Waals surface area contributed by atoms with Crippen LogP contribution in [0.25, 0.3) is 0 Å². The molecule has 0 saturated heterocycles. The number of nitrogens with two attached hydrogens (primary N) is 1. The summed E-state index contributed by atoms with van der Waals surface area (Å²) in [7, 11) is 0. The molecule has 0 aliphatic carbocycles. The normalized spacial score (nSPS) is 15.9. The van der Waals surface area contributed by atoms with Gasteiger partial charge in [0.05, 0.1) is 31.1 Å². The number of amides is 1. The Balaban J connectivity index is 1.74. The number of nitrogen functional groups attached to an aromatic ring is 1. The fourth-order valence-corrected chi connectivity index (χ4v) is 2.91. The van der Waals surface area contributed by atoms with Crippen LogP contribution < -0.4 is 25.4 Å². The molecule has 1 aliphatic heterocycles. The maximum Gasteiger partial charge on any atom is 0.243 e. The van der Waals surface area contributed by atoms with Crippen molar-refractivity contribution < 1.29 is 14.3 Å². The van der Waals surface area contributed by atoms with Gasteiger partial charge in [-0.2, -0.15) is 0 Å². The quantitative estimate of drug-likeness (QED) is 0.818. The second kappa shape index (κ2) is 7.34. The summed E-state index contributed by atoms with van der Waals surface area (Å²) in [6.07, 6.45) is -0.0159. The van der Waals surface area contributed by atoms with Crippen LogP contribution in [0, 0.1) is 0 Å². The molecule has 3 N–H and O–H groups in total. The van der Waals surface area contributed by atoms with Crippen LogP contribution in [0.5, 0.6) is 11.5 Å². The van der Waals surface area contributed by atoms with Gasteiger partial charge in [-0.15, -0.1) is 0 Å². The molecule has 2 aromatic rings. The first-order chi connectivity index (χ1) is 12.1. The standard InChI is InChI=1S/C19H23N3O3/c1-3-24-17-7-5-4-6-15(17)21-19(23)12-22-11-13(2)25-18-10-14(20)8-9-16(18)22/h4-10,13H,3,11-12,20H2,1-2H3,(H,21,23). The van der Waals surface area contributed by atoms with Crippen LogP contribution in [0.2, 0.25) is 0 Å². The number of ether oxygens (including phenoxy) is 2. The molecule has 3 rings (SSSR count). The predicted octanol–water partition coefficient (Wildman–Crippen LogP) is 2.89. The van der Waals surface area contributed by atoms with Gasteiger partial charge in [-0.1, -0.05) is 12.1 Å². The molecule has 0 fully saturated rings. The summed E-state index contributed by atoms with van der Waals surface area (Å²) in [5.41, 5.74) is 8.02. The fourth-order valence-electron chi connectivity index (χ4n) is 2.91. The van der Waals surface area contributed by atoms with Gasteiger partial charge in [0.2, 0.25) is 5.91 Å². The van der Waals surface area contributed by atoms with Crippen LogP contribution in [0.15, 0.2) is 42.5 Å². The zero-order valence-corrected chi connectivity index (χ0v) is 14.5. The van der Waals surface area contributed by atoms with Crippen LogP contribution >= 0.6 is 0 Å². The van der Waals surface area contributed by atoms with Crippen molar-refractivity contribution >= 4 is 23.0 Å². The number of anilines is 3. The lowest BCUT2D eigenvalue weighted by Crippen LogP contribution is -2.42. The van der Waals surface area contributed by atoms with E-state index in [0.29, 0.717) is 36.0 Å². The van der Waals surface area contributed by atoms with Gasteiger partial charge in [0.25, 0.3) is 0 Å². The number of hydrogen-bond acceptors (Lipinski definition) is 5. The molecular weight excluding hydrogens is 318 g/mol. The molecule has 1 atom stereocenters. The lowest BCUT2D eigenvalue weighted by Gasteiger charge is -2.34. The van der Waals surface area contributed by atoms with Gasteiger partial charge < -0.3 is 25.4 Å². The molecule has 1 amide bonds. The van der Waals surface area contributed by atoms with Crippen LogP contribution in [0.4, 0.5) is 17.1 Å². The van der Waals surface area contributed by atoms with E-state index in [1.807, 2.05) is 55.1 Å². The molecule has 1 aliphatic rings. The molecule has 2 aromatic carbocycles. The van der Waals surface area contributed by atoms with Crippen molar-refractivity contribution in [2.24, 2.45) is 0 Å². The molecule has 0 spiro atoms. The summed E-state index contributed by atoms with van der Waals surface area (Å²) in [5, 5.41) is 2.93. The minimum absolute atomic E-state index is 0.0159. The van der Waals surface area contributed by atoms with E-state index >= 15 is 0 Å². The minimum Gasteiger partial charge on any atom is -0.492 e. The van der Waals surface area contributed by atoms with Crippen molar-refractivity contribution in [3.8, 4) is 11.5 Å². The van der Waals surface area contributed by atoms with E-state index in [9.17, 15) is 4.79 Å². The summed E-state index contributed by atoms with van der Waals surface area (Å²) < 4.78 is 11.4. The fraction of sp³-hybridized carbons (Fsp3) is 0.316. The highest BCUT2D eigenvalue weighted by Crippen LogP contribution is 2.35. The number of rotatable bonds is 5. The number of para-hydroxylation sites is 2. The third-order valence-corrected chi connectivity index (χ3v) is 3.93. The average Bonchev–Trinajstić information content (AvgIpc) is 2.56. The van der Waals surface area contributed by atoms with E-state index in [1.165, 1.54) is 0 Å². The maximum atomic E-state index is 12.5. The average molecular weight is 341 g/mol. The summed E-state index contributed by atoms with van der Waals surface area (Å²) in [6, 6.07) is 12.9. The number of carbonyl (C=O) groups excluding carboxylic acids is 1. The first-order valence-electron chi connectivity index (χ1n) is 8.39. The van der Waals surface area contributed by atoms with Gasteiger partial charge in [0.1, 0.15) is 17.6 Å². The Morgan fingerprint density at radius 3 is 2.96 bits per heavy atom. The molecule has 0 radical (unpaired) electrons. The molecule has 1 heterocycles. The predicted molar refractivity (Wildman–Crippen MR) is 99.4 cm³/mol. The Hall–Kier alpha value is -2.89. The van der Waals surface area contributed by atoms with E-state index in [-0.39, 0.29) is 18.6 Å². The third-order valence-electron chi connectivity index (χ3n) is 3.93. The number of carbonyl (C=O) groups is 1. The Morgan fingerprint density at radius 2 is 2.16 bits per heavy atom. The number of fused-ring (bicyclic) bond motifs is 1. The Morgan fingerprint density at radius 1 is 1.36 bits per heavy atom.